The van der Waals surface area contributed by atoms with Gasteiger partial charge in [-0.05, 0) is 26.8 Å². The Labute approximate surface area is 126 Å². The number of carbonyl (C=O) groups excluding carboxylic acids is 1. The van der Waals surface area contributed by atoms with Crippen molar-refractivity contribution in [2.45, 2.75) is 32.9 Å². The Hall–Kier alpha value is -2.64. The fourth-order valence-electron chi connectivity index (χ4n) is 1.63. The van der Waals surface area contributed by atoms with Crippen LogP contribution in [0.2, 0.25) is 0 Å². The first kappa shape index (κ1) is 15.7. The van der Waals surface area contributed by atoms with Crippen molar-refractivity contribution in [1.29, 1.82) is 0 Å². The number of rotatable bonds is 3. The number of nitrogens with zero attached hydrogens (tertiary/aromatic N) is 4. The molecule has 0 unspecified atom stereocenters. The van der Waals surface area contributed by atoms with Crippen LogP contribution in [0.5, 0.6) is 0 Å². The molecule has 22 heavy (non-hydrogen) atoms. The number of hydrogen-bond donors (Lipinski definition) is 1. The lowest BCUT2D eigenvalue weighted by molar-refractivity contribution is 0.0523. The minimum atomic E-state index is -0.601. The summed E-state index contributed by atoms with van der Waals surface area (Å²) in [7, 11) is 0. The Morgan fingerprint density at radius 3 is 2.55 bits per heavy atom. The zero-order chi connectivity index (χ0) is 16.2. The third-order valence-electron chi connectivity index (χ3n) is 2.54. The second-order valence-electron chi connectivity index (χ2n) is 5.53. The standard InChI is InChI=1S/C14H16FN5O2/c1-14(2,3)22-13(21)16-7-10-5-4-9(6-11(10)15)12-19-17-8-18-20-12/h4-6,8H,7H2,1-3H3,(H,16,21). The van der Waals surface area contributed by atoms with Crippen LogP contribution >= 0.6 is 0 Å². The van der Waals surface area contributed by atoms with E-state index in [0.717, 1.165) is 0 Å². The second kappa shape index (κ2) is 6.42. The van der Waals surface area contributed by atoms with Crippen LogP contribution < -0.4 is 5.32 Å². The van der Waals surface area contributed by atoms with E-state index in [2.05, 4.69) is 25.7 Å². The summed E-state index contributed by atoms with van der Waals surface area (Å²) in [5.41, 5.74) is 0.183. The molecular weight excluding hydrogens is 289 g/mol. The number of halogens is 1. The highest BCUT2D eigenvalue weighted by atomic mass is 19.1. The molecule has 0 aliphatic rings. The van der Waals surface area contributed by atoms with E-state index >= 15 is 0 Å². The fourth-order valence-corrected chi connectivity index (χ4v) is 1.63. The van der Waals surface area contributed by atoms with Gasteiger partial charge in [0.1, 0.15) is 11.4 Å². The van der Waals surface area contributed by atoms with E-state index in [1.807, 2.05) is 0 Å². The Morgan fingerprint density at radius 2 is 1.95 bits per heavy atom. The van der Waals surface area contributed by atoms with Crippen LogP contribution in [0.15, 0.2) is 24.5 Å². The summed E-state index contributed by atoms with van der Waals surface area (Å²) in [6.07, 6.45) is 0.592. The molecule has 2 aromatic rings. The van der Waals surface area contributed by atoms with Gasteiger partial charge in [-0.15, -0.1) is 20.4 Å². The van der Waals surface area contributed by atoms with Crippen molar-refractivity contribution in [3.8, 4) is 11.4 Å². The van der Waals surface area contributed by atoms with Crippen molar-refractivity contribution in [2.24, 2.45) is 0 Å². The van der Waals surface area contributed by atoms with Crippen molar-refractivity contribution < 1.29 is 13.9 Å². The lowest BCUT2D eigenvalue weighted by Gasteiger charge is -2.19. The van der Waals surface area contributed by atoms with Gasteiger partial charge in [-0.3, -0.25) is 0 Å². The molecule has 0 fully saturated rings. The van der Waals surface area contributed by atoms with Crippen LogP contribution in [0, 0.1) is 5.82 Å². The molecule has 0 bridgehead atoms. The third kappa shape index (κ3) is 4.44. The highest BCUT2D eigenvalue weighted by Crippen LogP contribution is 2.17. The largest absolute Gasteiger partial charge is 0.444 e. The van der Waals surface area contributed by atoms with E-state index in [-0.39, 0.29) is 12.4 Å². The molecule has 0 atom stereocenters. The van der Waals surface area contributed by atoms with Gasteiger partial charge < -0.3 is 10.1 Å². The molecule has 0 aliphatic carbocycles. The molecule has 8 heteroatoms. The van der Waals surface area contributed by atoms with Crippen LogP contribution in [-0.4, -0.2) is 32.1 Å². The quantitative estimate of drug-likeness (QED) is 0.934. The van der Waals surface area contributed by atoms with E-state index in [1.165, 1.54) is 12.4 Å². The summed E-state index contributed by atoms with van der Waals surface area (Å²) >= 11 is 0. The molecule has 7 nitrogen and oxygen atoms in total. The van der Waals surface area contributed by atoms with E-state index in [9.17, 15) is 9.18 Å². The summed E-state index contributed by atoms with van der Waals surface area (Å²) in [5, 5.41) is 17.2. The number of aromatic nitrogens is 4. The van der Waals surface area contributed by atoms with Crippen molar-refractivity contribution in [1.82, 2.24) is 25.7 Å². The van der Waals surface area contributed by atoms with Crippen molar-refractivity contribution in [3.63, 3.8) is 0 Å². The predicted octanol–water partition coefficient (Wildman–Crippen LogP) is 2.10. The summed E-state index contributed by atoms with van der Waals surface area (Å²) < 4.78 is 19.1. The molecule has 1 N–H and O–H groups in total. The Kier molecular flexibility index (Phi) is 4.59. The molecule has 2 rings (SSSR count). The van der Waals surface area contributed by atoms with E-state index in [4.69, 9.17) is 4.74 Å². The molecular formula is C14H16FN5O2. The van der Waals surface area contributed by atoms with E-state index in [1.54, 1.807) is 32.9 Å². The van der Waals surface area contributed by atoms with Crippen LogP contribution in [0.3, 0.4) is 0 Å². The van der Waals surface area contributed by atoms with Crippen molar-refractivity contribution in [3.05, 3.63) is 35.9 Å². The van der Waals surface area contributed by atoms with Gasteiger partial charge in [-0.25, -0.2) is 9.18 Å². The van der Waals surface area contributed by atoms with Gasteiger partial charge in [0.2, 0.25) is 5.82 Å². The first-order chi connectivity index (χ1) is 10.3. The maximum absolute atomic E-state index is 14.0. The molecule has 1 heterocycles. The summed E-state index contributed by atoms with van der Waals surface area (Å²) in [5.74, 6) is -0.255. The first-order valence-electron chi connectivity index (χ1n) is 6.61. The number of benzene rings is 1. The molecule has 0 saturated carbocycles. The minimum absolute atomic E-state index is 0.0210. The van der Waals surface area contributed by atoms with Crippen LogP contribution in [0.25, 0.3) is 11.4 Å². The van der Waals surface area contributed by atoms with Gasteiger partial charge in [0, 0.05) is 17.7 Å². The van der Waals surface area contributed by atoms with Gasteiger partial charge in [-0.1, -0.05) is 12.1 Å². The monoisotopic (exact) mass is 305 g/mol. The zero-order valence-corrected chi connectivity index (χ0v) is 12.5. The number of ether oxygens (including phenoxy) is 1. The minimum Gasteiger partial charge on any atom is -0.444 e. The zero-order valence-electron chi connectivity index (χ0n) is 12.5. The lowest BCUT2D eigenvalue weighted by Crippen LogP contribution is -2.32. The molecule has 116 valence electrons. The summed E-state index contributed by atoms with van der Waals surface area (Å²) in [6.45, 7) is 5.28. The number of carbonyl (C=O) groups is 1. The highest BCUT2D eigenvalue weighted by Gasteiger charge is 2.16. The average Bonchev–Trinajstić information content (AvgIpc) is 2.45. The van der Waals surface area contributed by atoms with E-state index in [0.29, 0.717) is 11.1 Å². The van der Waals surface area contributed by atoms with Crippen LogP contribution in [0.1, 0.15) is 26.3 Å². The van der Waals surface area contributed by atoms with Crippen molar-refractivity contribution >= 4 is 6.09 Å². The Bertz CT molecular complexity index is 658. The van der Waals surface area contributed by atoms with Crippen molar-refractivity contribution in [2.75, 3.05) is 0 Å². The fraction of sp³-hybridized carbons (Fsp3) is 0.357. The van der Waals surface area contributed by atoms with Gasteiger partial charge >= 0.3 is 6.09 Å². The maximum Gasteiger partial charge on any atom is 0.407 e. The third-order valence-corrected chi connectivity index (χ3v) is 2.54. The summed E-state index contributed by atoms with van der Waals surface area (Å²) in [4.78, 5) is 11.5. The average molecular weight is 305 g/mol. The molecule has 0 saturated heterocycles. The van der Waals surface area contributed by atoms with Crippen LogP contribution in [-0.2, 0) is 11.3 Å². The lowest BCUT2D eigenvalue weighted by atomic mass is 10.1. The maximum atomic E-state index is 14.0. The number of hydrogen-bond acceptors (Lipinski definition) is 6. The molecule has 0 aliphatic heterocycles. The number of nitrogens with one attached hydrogen (secondary N) is 1. The normalized spacial score (nSPS) is 11.1. The topological polar surface area (TPSA) is 89.9 Å². The molecule has 0 spiro atoms. The number of alkyl carbamates (subject to hydrolysis) is 1. The summed E-state index contributed by atoms with van der Waals surface area (Å²) in [6, 6.07) is 4.44. The van der Waals surface area contributed by atoms with Gasteiger partial charge in [0.25, 0.3) is 0 Å². The molecule has 0 radical (unpaired) electrons. The molecule has 1 aromatic carbocycles. The molecule has 1 amide bonds. The molecule has 1 aromatic heterocycles. The van der Waals surface area contributed by atoms with Gasteiger partial charge in [0.15, 0.2) is 6.33 Å². The van der Waals surface area contributed by atoms with E-state index < -0.39 is 17.5 Å². The van der Waals surface area contributed by atoms with Gasteiger partial charge in [0.05, 0.1) is 0 Å². The van der Waals surface area contributed by atoms with Crippen LogP contribution in [0.4, 0.5) is 9.18 Å². The highest BCUT2D eigenvalue weighted by molar-refractivity contribution is 5.67. The first-order valence-corrected chi connectivity index (χ1v) is 6.61. The SMILES string of the molecule is CC(C)(C)OC(=O)NCc1ccc(-c2nncnn2)cc1F. The Morgan fingerprint density at radius 1 is 1.27 bits per heavy atom. The smallest absolute Gasteiger partial charge is 0.407 e. The van der Waals surface area contributed by atoms with Gasteiger partial charge in [-0.2, -0.15) is 0 Å². The Balaban J connectivity index is 2.03. The predicted molar refractivity (Wildman–Crippen MR) is 76.1 cm³/mol. The second-order valence-corrected chi connectivity index (χ2v) is 5.53. The number of amides is 1.